The van der Waals surface area contributed by atoms with Crippen molar-refractivity contribution >= 4 is 21.5 Å². The molecule has 7 aromatic carbocycles. The Bertz CT molecular complexity index is 4010. The molecular weight excluding hydrogens is 926 g/mol. The molecule has 2 aliphatic heterocycles. The predicted octanol–water partition coefficient (Wildman–Crippen LogP) is 16.6. The fraction of sp³-hybridized carbons (Fsp3) is 0.264. The van der Waals surface area contributed by atoms with Crippen LogP contribution in [-0.4, -0.2) is 0 Å². The predicted molar refractivity (Wildman–Crippen MR) is 312 cm³/mol. The van der Waals surface area contributed by atoms with E-state index in [1.54, 1.807) is 0 Å². The van der Waals surface area contributed by atoms with Crippen molar-refractivity contribution in [2.24, 2.45) is 7.05 Å². The molecule has 2 aliphatic rings. The summed E-state index contributed by atoms with van der Waals surface area (Å²) in [6, 6.07) is 53.9. The summed E-state index contributed by atoms with van der Waals surface area (Å²) >= 11 is 0. The molecular formula is C72H71FN3+3. The van der Waals surface area contributed by atoms with Crippen molar-refractivity contribution in [2.45, 2.75) is 118 Å². The van der Waals surface area contributed by atoms with Crippen LogP contribution in [0.2, 0.25) is 0 Å². The summed E-state index contributed by atoms with van der Waals surface area (Å²) in [6.45, 7) is 20.3. The van der Waals surface area contributed by atoms with Crippen LogP contribution in [0.1, 0.15) is 107 Å². The summed E-state index contributed by atoms with van der Waals surface area (Å²) in [5.74, 6) is -0.171. The number of unbranched alkanes of at least 4 members (excludes halogenated alkanes) is 2. The highest BCUT2D eigenvalue weighted by Gasteiger charge is 2.74. The number of halogens is 1. The lowest BCUT2D eigenvalue weighted by Crippen LogP contribution is -2.78. The summed E-state index contributed by atoms with van der Waals surface area (Å²) in [4.78, 5) is 0. The second kappa shape index (κ2) is 18.9. The third-order valence-electron chi connectivity index (χ3n) is 18.3. The van der Waals surface area contributed by atoms with Gasteiger partial charge in [0.15, 0.2) is 18.6 Å². The molecule has 0 radical (unpaired) electrons. The largest absolute Gasteiger partial charge is 0.284 e. The molecule has 0 N–H and O–H groups in total. The van der Waals surface area contributed by atoms with Crippen molar-refractivity contribution in [3.63, 3.8) is 0 Å². The minimum Gasteiger partial charge on any atom is -0.206 e. The van der Waals surface area contributed by atoms with Crippen LogP contribution in [0.15, 0.2) is 164 Å². The van der Waals surface area contributed by atoms with E-state index in [9.17, 15) is 0 Å². The monoisotopic (exact) mass is 997 g/mol. The molecule has 3 nitrogen and oxygen atoms in total. The van der Waals surface area contributed by atoms with E-state index in [4.69, 9.17) is 0 Å². The molecule has 0 aliphatic carbocycles. The van der Waals surface area contributed by atoms with Gasteiger partial charge in [-0.1, -0.05) is 93.1 Å². The molecule has 10 aromatic rings. The standard InChI is InChI=1S/C72H71FN3/c1-11-71(12-2)72(65-41-47(5)46(4)38-63(65)69-57-26-18-16-22-52(57)31-34-75(69)71)66-44-67(73)62(43-64(66)70-58-27-19-17-23-53(58)32-35-76(70)72)60-40-49(7)55(37-51(60)9)25-15-13-14-24-54-36-50(8)59(39-48(54)6)56-30-29-45(3)61(42-56)68-28-20-21-33-74(68)10/h16-23,26-44H,11-15,24-25H2,1-10H3/q+3. The van der Waals surface area contributed by atoms with Crippen LogP contribution >= 0.6 is 0 Å². The van der Waals surface area contributed by atoms with Crippen molar-refractivity contribution in [3.8, 4) is 56.0 Å². The lowest BCUT2D eigenvalue weighted by molar-refractivity contribution is -0.855. The van der Waals surface area contributed by atoms with Crippen molar-refractivity contribution in [1.29, 1.82) is 0 Å². The maximum atomic E-state index is 18.0. The minimum atomic E-state index is -0.762. The van der Waals surface area contributed by atoms with Gasteiger partial charge in [0.2, 0.25) is 22.6 Å². The molecule has 378 valence electrons. The number of pyridine rings is 3. The van der Waals surface area contributed by atoms with Gasteiger partial charge in [-0.15, -0.1) is 0 Å². The van der Waals surface area contributed by atoms with Gasteiger partial charge in [-0.25, -0.2) is 8.96 Å². The molecule has 3 aromatic heterocycles. The first-order valence-corrected chi connectivity index (χ1v) is 27.9. The molecule has 76 heavy (non-hydrogen) atoms. The first kappa shape index (κ1) is 49.3. The SMILES string of the molecule is CCC1(CC)[n+]2ccc3ccccc3c2-c2cc(C)c(C)cc2C12c1cc(F)c(-c3cc(C)c(CCCCCc4cc(C)c(-c5ccc(C)c(-c6cccc[n+]6C)c5)cc4C)cc3C)cc1-c1c3ccccc3cc[n+]12. The third kappa shape index (κ3) is 7.45. The second-order valence-corrected chi connectivity index (χ2v) is 22.5. The van der Waals surface area contributed by atoms with E-state index in [-0.39, 0.29) is 5.82 Å². The first-order chi connectivity index (χ1) is 36.8. The van der Waals surface area contributed by atoms with Crippen LogP contribution in [0.5, 0.6) is 0 Å². The van der Waals surface area contributed by atoms with E-state index in [1.165, 1.54) is 105 Å². The van der Waals surface area contributed by atoms with Crippen LogP contribution in [0.25, 0.3) is 77.6 Å². The molecule has 0 bridgehead atoms. The van der Waals surface area contributed by atoms with E-state index in [0.717, 1.165) is 72.9 Å². The van der Waals surface area contributed by atoms with Gasteiger partial charge in [-0.2, -0.15) is 9.13 Å². The Morgan fingerprint density at radius 3 is 1.63 bits per heavy atom. The van der Waals surface area contributed by atoms with Gasteiger partial charge in [0, 0.05) is 53.8 Å². The van der Waals surface area contributed by atoms with E-state index in [1.807, 2.05) is 6.07 Å². The Hall–Kier alpha value is -7.56. The zero-order chi connectivity index (χ0) is 52.8. The zero-order valence-corrected chi connectivity index (χ0v) is 46.3. The van der Waals surface area contributed by atoms with Gasteiger partial charge in [-0.05, 0) is 200 Å². The van der Waals surface area contributed by atoms with Gasteiger partial charge in [-0.3, -0.25) is 0 Å². The molecule has 5 heterocycles. The smallest absolute Gasteiger partial charge is 0.206 e. The maximum absolute atomic E-state index is 18.0. The van der Waals surface area contributed by atoms with Gasteiger partial charge >= 0.3 is 0 Å². The van der Waals surface area contributed by atoms with Crippen molar-refractivity contribution in [3.05, 3.63) is 231 Å². The van der Waals surface area contributed by atoms with Gasteiger partial charge in [0.05, 0.1) is 27.5 Å². The highest BCUT2D eigenvalue weighted by atomic mass is 19.1. The maximum Gasteiger partial charge on any atom is 0.284 e. The number of aryl methyl sites for hydroxylation is 10. The van der Waals surface area contributed by atoms with Crippen molar-refractivity contribution in [1.82, 2.24) is 0 Å². The van der Waals surface area contributed by atoms with E-state index in [0.29, 0.717) is 5.56 Å². The number of benzene rings is 7. The quantitative estimate of drug-likeness (QED) is 0.0904. The van der Waals surface area contributed by atoms with E-state index >= 15 is 4.39 Å². The lowest BCUT2D eigenvalue weighted by Gasteiger charge is -2.44. The Balaban J connectivity index is 0.868. The van der Waals surface area contributed by atoms with Crippen LogP contribution in [0.3, 0.4) is 0 Å². The Kier molecular flexibility index (Phi) is 12.3. The number of nitrogens with zero attached hydrogens (tertiary/aromatic N) is 3. The average molecular weight is 997 g/mol. The zero-order valence-electron chi connectivity index (χ0n) is 46.3. The van der Waals surface area contributed by atoms with E-state index in [2.05, 4.69) is 241 Å². The Morgan fingerprint density at radius 1 is 0.421 bits per heavy atom. The fourth-order valence-corrected chi connectivity index (χ4v) is 14.2. The first-order valence-electron chi connectivity index (χ1n) is 27.9. The highest BCUT2D eigenvalue weighted by molar-refractivity contribution is 5.98. The second-order valence-electron chi connectivity index (χ2n) is 22.5. The third-order valence-corrected chi connectivity index (χ3v) is 18.3. The molecule has 4 heteroatoms. The fourth-order valence-electron chi connectivity index (χ4n) is 14.2. The minimum absolute atomic E-state index is 0.171. The Labute approximate surface area is 450 Å². The molecule has 0 fully saturated rings. The molecule has 0 saturated heterocycles. The number of hydrogen-bond acceptors (Lipinski definition) is 0. The number of rotatable bonds is 11. The van der Waals surface area contributed by atoms with Crippen molar-refractivity contribution in [2.75, 3.05) is 0 Å². The number of aromatic nitrogens is 3. The molecule has 1 unspecified atom stereocenters. The van der Waals surface area contributed by atoms with Gasteiger partial charge in [0.25, 0.3) is 5.54 Å². The van der Waals surface area contributed by atoms with Crippen molar-refractivity contribution < 1.29 is 18.1 Å². The summed E-state index contributed by atoms with van der Waals surface area (Å²) in [6.07, 6.45) is 13.9. The van der Waals surface area contributed by atoms with Crippen LogP contribution in [0, 0.1) is 54.3 Å². The van der Waals surface area contributed by atoms with Crippen LogP contribution in [-0.2, 0) is 31.0 Å². The average Bonchev–Trinajstić information content (AvgIpc) is 3.04. The summed E-state index contributed by atoms with van der Waals surface area (Å²) < 4.78 is 25.3. The Morgan fingerprint density at radius 2 is 0.974 bits per heavy atom. The normalized spacial score (nSPS) is 15.0. The van der Waals surface area contributed by atoms with Crippen LogP contribution < -0.4 is 13.7 Å². The van der Waals surface area contributed by atoms with Gasteiger partial charge in [0.1, 0.15) is 12.9 Å². The summed E-state index contributed by atoms with van der Waals surface area (Å²) in [7, 11) is 2.12. The number of hydrogen-bond donors (Lipinski definition) is 0. The molecule has 1 atom stereocenters. The highest BCUT2D eigenvalue weighted by Crippen LogP contribution is 2.59. The molecule has 0 amide bonds. The lowest BCUT2D eigenvalue weighted by atomic mass is 9.61. The van der Waals surface area contributed by atoms with Crippen LogP contribution in [0.4, 0.5) is 4.39 Å². The molecule has 12 rings (SSSR count). The molecule has 0 saturated carbocycles. The van der Waals surface area contributed by atoms with E-state index < -0.39 is 11.1 Å². The molecule has 1 spiro atoms. The summed E-state index contributed by atoms with van der Waals surface area (Å²) in [5, 5.41) is 4.83. The summed E-state index contributed by atoms with van der Waals surface area (Å²) in [5.41, 5.74) is 24.1. The topological polar surface area (TPSA) is 11.6 Å². The van der Waals surface area contributed by atoms with Gasteiger partial charge < -0.3 is 0 Å². The number of fused-ring (bicyclic) bond motifs is 13.